The van der Waals surface area contributed by atoms with Crippen LogP contribution in [-0.4, -0.2) is 63.8 Å². The van der Waals surface area contributed by atoms with Gasteiger partial charge in [0.1, 0.15) is 0 Å². The molecule has 2 saturated heterocycles. The van der Waals surface area contributed by atoms with Crippen molar-refractivity contribution >= 4 is 0 Å². The summed E-state index contributed by atoms with van der Waals surface area (Å²) in [5, 5.41) is 15.1. The van der Waals surface area contributed by atoms with E-state index in [0.29, 0.717) is 25.2 Å². The number of hydrogen-bond donors (Lipinski definition) is 3. The van der Waals surface area contributed by atoms with Crippen LogP contribution in [0, 0.1) is 5.92 Å². The lowest BCUT2D eigenvalue weighted by molar-refractivity contribution is 0.123. The molecule has 2 aliphatic heterocycles. The van der Waals surface area contributed by atoms with Gasteiger partial charge in [-0.3, -0.25) is 0 Å². The maximum Gasteiger partial charge on any atom is 0.0948 e. The van der Waals surface area contributed by atoms with Crippen molar-refractivity contribution in [2.75, 3.05) is 40.5 Å². The molecule has 3 N–H and O–H groups in total. The number of aliphatic hydroxyl groups is 1. The Kier molecular flexibility index (Phi) is 6.23. The summed E-state index contributed by atoms with van der Waals surface area (Å²) >= 11 is 0. The van der Waals surface area contributed by atoms with Gasteiger partial charge in [0, 0.05) is 6.04 Å². The third kappa shape index (κ3) is 3.99. The lowest BCUT2D eigenvalue weighted by atomic mass is 10.1. The average Bonchev–Trinajstić information content (AvgIpc) is 2.87. The highest BCUT2D eigenvalue weighted by Gasteiger charge is 2.23. The first-order chi connectivity index (χ1) is 7.69. The predicted molar refractivity (Wildman–Crippen MR) is 62.5 cm³/mol. The molecule has 0 bridgehead atoms. The Morgan fingerprint density at radius 2 is 1.50 bits per heavy atom. The molecular weight excluding hydrogens is 208 g/mol. The van der Waals surface area contributed by atoms with E-state index in [0.717, 1.165) is 13.2 Å². The number of ether oxygens (including phenoxy) is 2. The second-order valence-electron chi connectivity index (χ2n) is 4.41. The number of nitrogens with one attached hydrogen (secondary N) is 2. The minimum absolute atomic E-state index is 0.148. The number of hydrogen-bond acceptors (Lipinski definition) is 5. The van der Waals surface area contributed by atoms with E-state index in [1.807, 2.05) is 14.1 Å². The lowest BCUT2D eigenvalue weighted by Crippen LogP contribution is -2.35. The average molecular weight is 232 g/mol. The maximum atomic E-state index is 9.00. The first kappa shape index (κ1) is 13.9. The van der Waals surface area contributed by atoms with Gasteiger partial charge in [-0.1, -0.05) is 6.92 Å². The summed E-state index contributed by atoms with van der Waals surface area (Å²) in [6.07, 6.45) is -0.306. The first-order valence-electron chi connectivity index (χ1n) is 5.87. The Morgan fingerprint density at radius 3 is 1.75 bits per heavy atom. The highest BCUT2D eigenvalue weighted by Crippen LogP contribution is 2.10. The van der Waals surface area contributed by atoms with Crippen molar-refractivity contribution in [2.45, 2.75) is 25.1 Å². The second-order valence-corrected chi connectivity index (χ2v) is 4.41. The van der Waals surface area contributed by atoms with Gasteiger partial charge in [-0.25, -0.2) is 0 Å². The van der Waals surface area contributed by atoms with Gasteiger partial charge in [0.05, 0.1) is 38.6 Å². The quantitative estimate of drug-likeness (QED) is 0.582. The largest absolute Gasteiger partial charge is 0.389 e. The van der Waals surface area contributed by atoms with E-state index in [1.54, 1.807) is 0 Å². The van der Waals surface area contributed by atoms with Gasteiger partial charge in [0.15, 0.2) is 0 Å². The van der Waals surface area contributed by atoms with Crippen LogP contribution in [0.3, 0.4) is 0 Å². The highest BCUT2D eigenvalue weighted by molar-refractivity contribution is 4.78. The first-order valence-corrected chi connectivity index (χ1v) is 5.87. The van der Waals surface area contributed by atoms with Crippen molar-refractivity contribution in [1.29, 1.82) is 0 Å². The van der Waals surface area contributed by atoms with E-state index in [9.17, 15) is 0 Å². The summed E-state index contributed by atoms with van der Waals surface area (Å²) in [4.78, 5) is 0. The molecule has 96 valence electrons. The molecule has 0 aromatic heterocycles. The smallest absolute Gasteiger partial charge is 0.0948 e. The zero-order valence-electron chi connectivity index (χ0n) is 10.4. The minimum Gasteiger partial charge on any atom is -0.389 e. The summed E-state index contributed by atoms with van der Waals surface area (Å²) in [5.41, 5.74) is 0. The Balaban J connectivity index is 0.000000160. The van der Waals surface area contributed by atoms with Crippen LogP contribution >= 0.6 is 0 Å². The number of likely N-dealkylation sites (N-methyl/N-ethyl adjacent to an activating group) is 2. The van der Waals surface area contributed by atoms with Crippen LogP contribution < -0.4 is 10.6 Å². The molecule has 2 fully saturated rings. The van der Waals surface area contributed by atoms with Gasteiger partial charge in [0.2, 0.25) is 0 Å². The Hall–Kier alpha value is -0.200. The fourth-order valence-corrected chi connectivity index (χ4v) is 1.85. The normalized spacial score (nSPS) is 38.2. The highest BCUT2D eigenvalue weighted by atomic mass is 16.5. The van der Waals surface area contributed by atoms with Crippen molar-refractivity contribution in [3.05, 3.63) is 0 Å². The van der Waals surface area contributed by atoms with Crippen LogP contribution in [0.4, 0.5) is 0 Å². The van der Waals surface area contributed by atoms with E-state index in [1.165, 1.54) is 0 Å². The molecule has 16 heavy (non-hydrogen) atoms. The zero-order chi connectivity index (χ0) is 12.0. The molecule has 2 aliphatic rings. The van der Waals surface area contributed by atoms with Crippen LogP contribution in [0.15, 0.2) is 0 Å². The fourth-order valence-electron chi connectivity index (χ4n) is 1.85. The summed E-state index contributed by atoms with van der Waals surface area (Å²) in [5.74, 6) is 0.694. The van der Waals surface area contributed by atoms with Crippen LogP contribution in [0.5, 0.6) is 0 Å². The molecule has 0 aromatic rings. The van der Waals surface area contributed by atoms with E-state index >= 15 is 0 Å². The molecule has 2 heterocycles. The van der Waals surface area contributed by atoms with E-state index in [-0.39, 0.29) is 12.1 Å². The molecule has 0 saturated carbocycles. The summed E-state index contributed by atoms with van der Waals surface area (Å²) in [6, 6.07) is 0.741. The maximum absolute atomic E-state index is 9.00. The summed E-state index contributed by atoms with van der Waals surface area (Å²) < 4.78 is 10.1. The third-order valence-electron chi connectivity index (χ3n) is 3.16. The molecule has 1 unspecified atom stereocenters. The van der Waals surface area contributed by atoms with Crippen molar-refractivity contribution in [3.63, 3.8) is 0 Å². The zero-order valence-corrected chi connectivity index (χ0v) is 10.4. The second kappa shape index (κ2) is 7.19. The molecule has 0 radical (unpaired) electrons. The van der Waals surface area contributed by atoms with Gasteiger partial charge in [-0.15, -0.1) is 0 Å². The SMILES string of the molecule is CN[C@H]1COCC1O.CN[C@H]1COC[C@H]1C. The van der Waals surface area contributed by atoms with Crippen molar-refractivity contribution < 1.29 is 14.6 Å². The van der Waals surface area contributed by atoms with Crippen LogP contribution in [0.2, 0.25) is 0 Å². The molecule has 5 heteroatoms. The monoisotopic (exact) mass is 232 g/mol. The Bertz CT molecular complexity index is 172. The molecule has 5 nitrogen and oxygen atoms in total. The minimum atomic E-state index is -0.306. The Morgan fingerprint density at radius 1 is 0.938 bits per heavy atom. The van der Waals surface area contributed by atoms with Crippen molar-refractivity contribution in [3.8, 4) is 0 Å². The Labute approximate surface area is 97.5 Å². The number of rotatable bonds is 2. The standard InChI is InChI=1S/C6H13NO.C5H11NO2/c1-5-3-8-4-6(5)7-2;1-6-4-2-8-3-5(4)7/h5-7H,3-4H2,1-2H3;4-7H,2-3H2,1H3/t5-,6+;4-,5?/m10/s1. The van der Waals surface area contributed by atoms with Gasteiger partial charge in [-0.05, 0) is 20.0 Å². The van der Waals surface area contributed by atoms with E-state index < -0.39 is 0 Å². The lowest BCUT2D eigenvalue weighted by Gasteiger charge is -2.09. The molecule has 2 rings (SSSR count). The van der Waals surface area contributed by atoms with Gasteiger partial charge in [0.25, 0.3) is 0 Å². The number of aliphatic hydroxyl groups excluding tert-OH is 1. The van der Waals surface area contributed by atoms with Gasteiger partial charge in [-0.2, -0.15) is 0 Å². The van der Waals surface area contributed by atoms with Gasteiger partial charge < -0.3 is 25.2 Å². The topological polar surface area (TPSA) is 62.8 Å². The van der Waals surface area contributed by atoms with Gasteiger partial charge >= 0.3 is 0 Å². The molecule has 0 amide bonds. The van der Waals surface area contributed by atoms with Crippen LogP contribution in [0.1, 0.15) is 6.92 Å². The summed E-state index contributed by atoms with van der Waals surface area (Å²) in [6.45, 7) is 5.13. The summed E-state index contributed by atoms with van der Waals surface area (Å²) in [7, 11) is 3.80. The fraction of sp³-hybridized carbons (Fsp3) is 1.00. The van der Waals surface area contributed by atoms with E-state index in [2.05, 4.69) is 17.6 Å². The van der Waals surface area contributed by atoms with Crippen LogP contribution in [0.25, 0.3) is 0 Å². The van der Waals surface area contributed by atoms with Crippen molar-refractivity contribution in [1.82, 2.24) is 10.6 Å². The molecular formula is C11H24N2O3. The predicted octanol–water partition coefficient (Wildman–Crippen LogP) is -0.794. The third-order valence-corrected chi connectivity index (χ3v) is 3.16. The van der Waals surface area contributed by atoms with Crippen molar-refractivity contribution in [2.24, 2.45) is 5.92 Å². The van der Waals surface area contributed by atoms with Crippen LogP contribution in [-0.2, 0) is 9.47 Å². The molecule has 4 atom stereocenters. The molecule has 0 spiro atoms. The molecule has 0 aliphatic carbocycles. The van der Waals surface area contributed by atoms with E-state index in [4.69, 9.17) is 14.6 Å². The molecule has 0 aromatic carbocycles.